The average Bonchev–Trinajstić information content (AvgIpc) is 3.13. The highest BCUT2D eigenvalue weighted by molar-refractivity contribution is 5.85. The van der Waals surface area contributed by atoms with Gasteiger partial charge in [0.15, 0.2) is 0 Å². The summed E-state index contributed by atoms with van der Waals surface area (Å²) in [6.45, 7) is 3.08. The lowest BCUT2D eigenvalue weighted by Crippen LogP contribution is -2.55. The normalized spacial score (nSPS) is 25.7. The summed E-state index contributed by atoms with van der Waals surface area (Å²) in [5.74, 6) is -0.680. The van der Waals surface area contributed by atoms with E-state index >= 15 is 0 Å². The number of rotatable bonds is 6. The van der Waals surface area contributed by atoms with Gasteiger partial charge in [0.05, 0.1) is 24.8 Å². The van der Waals surface area contributed by atoms with Gasteiger partial charge in [-0.2, -0.15) is 0 Å². The van der Waals surface area contributed by atoms with Crippen molar-refractivity contribution in [1.82, 2.24) is 4.57 Å². The maximum Gasteiger partial charge on any atom is 0.147 e. The van der Waals surface area contributed by atoms with E-state index in [1.807, 2.05) is 13.8 Å². The molecule has 1 saturated heterocycles. The molecule has 0 saturated carbocycles. The Kier molecular flexibility index (Phi) is 6.69. The second kappa shape index (κ2) is 9.36. The van der Waals surface area contributed by atoms with Crippen LogP contribution in [0.1, 0.15) is 31.1 Å². The zero-order chi connectivity index (χ0) is 23.9. The van der Waals surface area contributed by atoms with E-state index in [0.29, 0.717) is 22.3 Å². The molecular weight excluding hydrogens is 436 g/mol. The van der Waals surface area contributed by atoms with Gasteiger partial charge in [0.2, 0.25) is 0 Å². The molecule has 0 radical (unpaired) electrons. The van der Waals surface area contributed by atoms with Gasteiger partial charge in [0, 0.05) is 28.8 Å². The molecule has 33 heavy (non-hydrogen) atoms. The number of para-hydroxylation sites is 1. The first kappa shape index (κ1) is 23.6. The Balaban J connectivity index is 1.74. The third-order valence-electron chi connectivity index (χ3n) is 5.82. The molecule has 4 rings (SSSR count). The lowest BCUT2D eigenvalue weighted by atomic mass is 9.91. The van der Waals surface area contributed by atoms with Crippen molar-refractivity contribution in [3.05, 3.63) is 65.4 Å². The van der Waals surface area contributed by atoms with Crippen LogP contribution in [0.25, 0.3) is 10.9 Å². The van der Waals surface area contributed by atoms with E-state index in [1.54, 1.807) is 18.2 Å². The Bertz CT molecular complexity index is 1130. The van der Waals surface area contributed by atoms with E-state index in [9.17, 15) is 29.2 Å². The Morgan fingerprint density at radius 2 is 1.79 bits per heavy atom. The van der Waals surface area contributed by atoms with Crippen LogP contribution < -0.4 is 4.74 Å². The van der Waals surface area contributed by atoms with Gasteiger partial charge in [0.25, 0.3) is 0 Å². The smallest absolute Gasteiger partial charge is 0.147 e. The second-order valence-corrected chi connectivity index (χ2v) is 8.52. The Morgan fingerprint density at radius 1 is 1.03 bits per heavy atom. The Labute approximate surface area is 189 Å². The summed E-state index contributed by atoms with van der Waals surface area (Å²) in [5.41, 5.74) is 0.819. The molecule has 0 amide bonds. The lowest BCUT2D eigenvalue weighted by Gasteiger charge is -2.40. The van der Waals surface area contributed by atoms with Gasteiger partial charge >= 0.3 is 0 Å². The number of fused-ring (bicyclic) bond motifs is 1. The number of benzene rings is 2. The molecule has 1 aliphatic heterocycles. The highest BCUT2D eigenvalue weighted by Gasteiger charge is 2.44. The third kappa shape index (κ3) is 4.47. The van der Waals surface area contributed by atoms with Crippen LogP contribution in [0.2, 0.25) is 0 Å². The van der Waals surface area contributed by atoms with Crippen LogP contribution in [0.3, 0.4) is 0 Å². The first-order chi connectivity index (χ1) is 15.7. The fraction of sp³-hybridized carbons (Fsp3) is 0.417. The summed E-state index contributed by atoms with van der Waals surface area (Å²) in [6, 6.07) is 8.86. The minimum Gasteiger partial charge on any atom is -0.491 e. The van der Waals surface area contributed by atoms with Crippen LogP contribution in [0, 0.1) is 11.6 Å². The summed E-state index contributed by atoms with van der Waals surface area (Å²) in [4.78, 5) is 0. The van der Waals surface area contributed by atoms with Crippen molar-refractivity contribution in [3.63, 3.8) is 0 Å². The second-order valence-electron chi connectivity index (χ2n) is 8.52. The minimum absolute atomic E-state index is 0.0113. The molecule has 5 atom stereocenters. The SMILES string of the molecule is CC(C)Oc1ccc(Cn2cc([C@@H]3O[C@H](CO)[C@@H](O)[C@H](O)[C@H]3O)c3cccc(F)c32)c(F)c1. The zero-order valence-electron chi connectivity index (χ0n) is 18.2. The standard InChI is InChI=1S/C24H27F2NO6/c1-12(2)32-14-7-6-13(18(26)8-14)9-27-10-16(15-4-3-5-17(25)20(15)27)24-23(31)22(30)21(29)19(11-28)33-24/h3-8,10,12,19,21-24,28-31H,9,11H2,1-2H3/t19-,21-,22+,23-,24+/m1/s1. The number of nitrogens with zero attached hydrogens (tertiary/aromatic N) is 1. The van der Waals surface area contributed by atoms with Gasteiger partial charge in [-0.25, -0.2) is 8.78 Å². The van der Waals surface area contributed by atoms with Crippen molar-refractivity contribution in [3.8, 4) is 5.75 Å². The fourth-order valence-corrected chi connectivity index (χ4v) is 4.24. The molecule has 9 heteroatoms. The Hall–Kier alpha value is -2.56. The molecule has 0 aliphatic carbocycles. The highest BCUT2D eigenvalue weighted by Crippen LogP contribution is 2.38. The molecule has 3 aromatic rings. The lowest BCUT2D eigenvalue weighted by molar-refractivity contribution is -0.231. The first-order valence-electron chi connectivity index (χ1n) is 10.7. The zero-order valence-corrected chi connectivity index (χ0v) is 18.2. The fourth-order valence-electron chi connectivity index (χ4n) is 4.24. The largest absolute Gasteiger partial charge is 0.491 e. The van der Waals surface area contributed by atoms with Crippen molar-refractivity contribution in [2.75, 3.05) is 6.61 Å². The van der Waals surface area contributed by atoms with Crippen LogP contribution in [0.15, 0.2) is 42.6 Å². The number of hydrogen-bond donors (Lipinski definition) is 4. The molecule has 1 aliphatic rings. The van der Waals surface area contributed by atoms with Crippen molar-refractivity contribution < 1.29 is 38.7 Å². The first-order valence-corrected chi connectivity index (χ1v) is 10.7. The number of aliphatic hydroxyl groups excluding tert-OH is 4. The average molecular weight is 463 g/mol. The molecule has 0 spiro atoms. The monoisotopic (exact) mass is 463 g/mol. The van der Waals surface area contributed by atoms with Crippen LogP contribution >= 0.6 is 0 Å². The number of ether oxygens (including phenoxy) is 2. The van der Waals surface area contributed by atoms with Gasteiger partial charge in [-0.3, -0.25) is 0 Å². The van der Waals surface area contributed by atoms with Gasteiger partial charge < -0.3 is 34.5 Å². The molecule has 1 aromatic heterocycles. The van der Waals surface area contributed by atoms with Crippen LogP contribution in [-0.4, -0.2) is 62.1 Å². The van der Waals surface area contributed by atoms with E-state index in [1.165, 1.54) is 29.0 Å². The van der Waals surface area contributed by atoms with Gasteiger partial charge in [-0.05, 0) is 26.0 Å². The van der Waals surface area contributed by atoms with Gasteiger partial charge in [0.1, 0.15) is 47.9 Å². The van der Waals surface area contributed by atoms with Gasteiger partial charge in [-0.1, -0.05) is 18.2 Å². The number of aromatic nitrogens is 1. The van der Waals surface area contributed by atoms with Crippen molar-refractivity contribution in [1.29, 1.82) is 0 Å². The van der Waals surface area contributed by atoms with E-state index in [0.717, 1.165) is 0 Å². The quantitative estimate of drug-likeness (QED) is 0.447. The van der Waals surface area contributed by atoms with Crippen LogP contribution in [-0.2, 0) is 11.3 Å². The summed E-state index contributed by atoms with van der Waals surface area (Å²) >= 11 is 0. The molecule has 7 nitrogen and oxygen atoms in total. The maximum absolute atomic E-state index is 14.8. The number of hydrogen-bond acceptors (Lipinski definition) is 6. The highest BCUT2D eigenvalue weighted by atomic mass is 19.1. The van der Waals surface area contributed by atoms with Crippen molar-refractivity contribution in [2.24, 2.45) is 0 Å². The predicted molar refractivity (Wildman–Crippen MR) is 116 cm³/mol. The molecular formula is C24H27F2NO6. The molecule has 2 heterocycles. The summed E-state index contributed by atoms with van der Waals surface area (Å²) in [6.07, 6.45) is -5.43. The third-order valence-corrected chi connectivity index (χ3v) is 5.82. The van der Waals surface area contributed by atoms with E-state index in [-0.39, 0.29) is 18.2 Å². The molecule has 4 N–H and O–H groups in total. The van der Waals surface area contributed by atoms with Crippen LogP contribution in [0.4, 0.5) is 8.78 Å². The Morgan fingerprint density at radius 3 is 2.45 bits per heavy atom. The van der Waals surface area contributed by atoms with Crippen molar-refractivity contribution in [2.45, 2.75) is 57.0 Å². The van der Waals surface area contributed by atoms with E-state index in [4.69, 9.17) is 9.47 Å². The predicted octanol–water partition coefficient (Wildman–Crippen LogP) is 2.27. The van der Waals surface area contributed by atoms with Crippen molar-refractivity contribution >= 4 is 10.9 Å². The number of aliphatic hydroxyl groups is 4. The summed E-state index contributed by atoms with van der Waals surface area (Å²) in [5, 5.41) is 40.7. The molecule has 2 aromatic carbocycles. The molecule has 178 valence electrons. The minimum atomic E-state index is -1.57. The summed E-state index contributed by atoms with van der Waals surface area (Å²) in [7, 11) is 0. The summed E-state index contributed by atoms with van der Waals surface area (Å²) < 4.78 is 42.3. The topological polar surface area (TPSA) is 104 Å². The molecule has 1 fully saturated rings. The number of halogens is 2. The van der Waals surface area contributed by atoms with E-state index < -0.39 is 48.8 Å². The van der Waals surface area contributed by atoms with Gasteiger partial charge in [-0.15, -0.1) is 0 Å². The van der Waals surface area contributed by atoms with E-state index in [2.05, 4.69) is 0 Å². The van der Waals surface area contributed by atoms with Crippen LogP contribution in [0.5, 0.6) is 5.75 Å². The molecule has 0 unspecified atom stereocenters. The maximum atomic E-state index is 14.8. The molecule has 0 bridgehead atoms.